The Morgan fingerprint density at radius 3 is 2.44 bits per heavy atom. The van der Waals surface area contributed by atoms with Gasteiger partial charge < -0.3 is 10.2 Å². The van der Waals surface area contributed by atoms with E-state index in [1.165, 1.54) is 47.0 Å². The van der Waals surface area contributed by atoms with Crippen molar-refractivity contribution in [3.05, 3.63) is 86.6 Å². The summed E-state index contributed by atoms with van der Waals surface area (Å²) in [7, 11) is 0. The van der Waals surface area contributed by atoms with E-state index in [1.807, 2.05) is 30.3 Å². The van der Waals surface area contributed by atoms with E-state index in [2.05, 4.69) is 5.32 Å². The second-order valence-electron chi connectivity index (χ2n) is 8.28. The van der Waals surface area contributed by atoms with Crippen molar-refractivity contribution in [2.24, 2.45) is 0 Å². The molecule has 2 aliphatic rings. The summed E-state index contributed by atoms with van der Waals surface area (Å²) in [5.41, 5.74) is 2.71. The van der Waals surface area contributed by atoms with Crippen molar-refractivity contribution in [1.82, 2.24) is 4.90 Å². The van der Waals surface area contributed by atoms with Crippen LogP contribution in [0.2, 0.25) is 0 Å². The molecule has 1 aliphatic carbocycles. The van der Waals surface area contributed by atoms with Gasteiger partial charge in [-0.15, -0.1) is 11.3 Å². The number of thiophene rings is 1. The molecule has 7 heteroatoms. The average molecular weight is 457 g/mol. The first-order chi connectivity index (χ1) is 15.4. The summed E-state index contributed by atoms with van der Waals surface area (Å²) in [6.45, 7) is 0.468. The fourth-order valence-corrected chi connectivity index (χ4v) is 6.45. The first-order valence-corrected chi connectivity index (χ1v) is 11.7. The van der Waals surface area contributed by atoms with E-state index in [-0.39, 0.29) is 11.7 Å². The Hall–Kier alpha value is -2.80. The quantitative estimate of drug-likeness (QED) is 0.451. The number of hydrogen-bond donors (Lipinski definition) is 1. The number of amides is 2. The van der Waals surface area contributed by atoms with Gasteiger partial charge in [-0.3, -0.25) is 0 Å². The molecule has 5 rings (SSSR count). The third-order valence-corrected chi connectivity index (χ3v) is 7.71. The molecule has 0 fully saturated rings. The standard InChI is InChI=1S/C25H23F3N2OS/c26-25(27,28)19-11-5-6-12-20(19)29-24(31)30-15-14-18-17-10-4-7-13-21(17)32-23(18)22(30)16-8-2-1-3-9-16/h1-3,5-6,8-9,11-12,22H,4,7,10,13-15H2,(H,29,31)/t22-/m1/s1. The second-order valence-corrected chi connectivity index (χ2v) is 9.42. The van der Waals surface area contributed by atoms with Gasteiger partial charge in [0.05, 0.1) is 17.3 Å². The molecular formula is C25H23F3N2OS. The molecule has 166 valence electrons. The Balaban J connectivity index is 1.53. The van der Waals surface area contributed by atoms with Crippen molar-refractivity contribution in [3.8, 4) is 0 Å². The second kappa shape index (κ2) is 8.28. The monoisotopic (exact) mass is 456 g/mol. The van der Waals surface area contributed by atoms with Gasteiger partial charge in [0.25, 0.3) is 0 Å². The van der Waals surface area contributed by atoms with Gasteiger partial charge in [0, 0.05) is 16.3 Å². The zero-order valence-electron chi connectivity index (χ0n) is 17.4. The fourth-order valence-electron chi connectivity index (χ4n) is 4.86. The van der Waals surface area contributed by atoms with E-state index >= 15 is 0 Å². The van der Waals surface area contributed by atoms with E-state index in [1.54, 1.807) is 16.2 Å². The number of urea groups is 1. The summed E-state index contributed by atoms with van der Waals surface area (Å²) in [5, 5.41) is 2.55. The minimum atomic E-state index is -4.54. The zero-order chi connectivity index (χ0) is 22.3. The van der Waals surface area contributed by atoms with E-state index < -0.39 is 17.8 Å². The maximum atomic E-state index is 13.4. The number of anilines is 1. The van der Waals surface area contributed by atoms with Crippen molar-refractivity contribution in [2.45, 2.75) is 44.3 Å². The number of para-hydroxylation sites is 1. The van der Waals surface area contributed by atoms with E-state index in [9.17, 15) is 18.0 Å². The van der Waals surface area contributed by atoms with Crippen LogP contribution in [0.5, 0.6) is 0 Å². The number of aryl methyl sites for hydroxylation is 1. The van der Waals surface area contributed by atoms with Crippen LogP contribution < -0.4 is 5.32 Å². The first kappa shape index (κ1) is 21.1. The lowest BCUT2D eigenvalue weighted by Crippen LogP contribution is -2.42. The first-order valence-electron chi connectivity index (χ1n) is 10.9. The number of hydrogen-bond acceptors (Lipinski definition) is 2. The van der Waals surface area contributed by atoms with E-state index in [0.29, 0.717) is 6.54 Å². The lowest BCUT2D eigenvalue weighted by atomic mass is 9.88. The normalized spacial score (nSPS) is 18.1. The third-order valence-electron chi connectivity index (χ3n) is 6.33. The molecule has 0 spiro atoms. The predicted octanol–water partition coefficient (Wildman–Crippen LogP) is 6.83. The van der Waals surface area contributed by atoms with Crippen molar-refractivity contribution < 1.29 is 18.0 Å². The van der Waals surface area contributed by atoms with Gasteiger partial charge in [-0.2, -0.15) is 13.2 Å². The molecule has 2 amide bonds. The number of alkyl halides is 3. The summed E-state index contributed by atoms with van der Waals surface area (Å²) in [6, 6.07) is 14.1. The van der Waals surface area contributed by atoms with Crippen LogP contribution in [0.4, 0.5) is 23.7 Å². The van der Waals surface area contributed by atoms with Crippen LogP contribution in [0.25, 0.3) is 0 Å². The molecule has 1 N–H and O–H groups in total. The van der Waals surface area contributed by atoms with Gasteiger partial charge in [-0.05, 0) is 60.9 Å². The van der Waals surface area contributed by atoms with Crippen LogP contribution >= 0.6 is 11.3 Å². The van der Waals surface area contributed by atoms with Crippen molar-refractivity contribution in [3.63, 3.8) is 0 Å². The molecule has 0 saturated heterocycles. The summed E-state index contributed by atoms with van der Waals surface area (Å²) in [5.74, 6) is 0. The highest BCUT2D eigenvalue weighted by Gasteiger charge is 2.38. The average Bonchev–Trinajstić information content (AvgIpc) is 3.17. The predicted molar refractivity (Wildman–Crippen MR) is 120 cm³/mol. The Morgan fingerprint density at radius 1 is 0.938 bits per heavy atom. The van der Waals surface area contributed by atoms with Crippen molar-refractivity contribution in [1.29, 1.82) is 0 Å². The third kappa shape index (κ3) is 3.79. The van der Waals surface area contributed by atoms with Crippen LogP contribution in [-0.4, -0.2) is 17.5 Å². The van der Waals surface area contributed by atoms with Crippen LogP contribution in [-0.2, 0) is 25.4 Å². The van der Waals surface area contributed by atoms with Crippen LogP contribution in [0.15, 0.2) is 54.6 Å². The highest BCUT2D eigenvalue weighted by Crippen LogP contribution is 2.45. The minimum Gasteiger partial charge on any atom is -0.312 e. The molecule has 0 unspecified atom stereocenters. The number of fused-ring (bicyclic) bond motifs is 3. The number of rotatable bonds is 2. The highest BCUT2D eigenvalue weighted by molar-refractivity contribution is 7.12. The van der Waals surface area contributed by atoms with Crippen molar-refractivity contribution >= 4 is 23.1 Å². The Labute approximate surface area is 188 Å². The van der Waals surface area contributed by atoms with Crippen LogP contribution in [0, 0.1) is 0 Å². The topological polar surface area (TPSA) is 32.3 Å². The van der Waals surface area contributed by atoms with Gasteiger partial charge in [0.15, 0.2) is 0 Å². The number of carbonyl (C=O) groups excluding carboxylic acids is 1. The number of carbonyl (C=O) groups is 1. The SMILES string of the molecule is O=C(Nc1ccccc1C(F)(F)F)N1CCc2c(sc3c2CCCC3)[C@H]1c1ccccc1. The summed E-state index contributed by atoms with van der Waals surface area (Å²) >= 11 is 1.77. The summed E-state index contributed by atoms with van der Waals surface area (Å²) in [4.78, 5) is 17.6. The fraction of sp³-hybridized carbons (Fsp3) is 0.320. The molecule has 3 nitrogen and oxygen atoms in total. The van der Waals surface area contributed by atoms with Gasteiger partial charge in [-0.1, -0.05) is 42.5 Å². The van der Waals surface area contributed by atoms with Gasteiger partial charge in [-0.25, -0.2) is 4.79 Å². The van der Waals surface area contributed by atoms with E-state index in [4.69, 9.17) is 0 Å². The molecule has 1 atom stereocenters. The molecule has 0 radical (unpaired) electrons. The van der Waals surface area contributed by atoms with Gasteiger partial charge >= 0.3 is 12.2 Å². The molecule has 0 bridgehead atoms. The largest absolute Gasteiger partial charge is 0.418 e. The smallest absolute Gasteiger partial charge is 0.312 e. The molecule has 2 aromatic carbocycles. The highest BCUT2D eigenvalue weighted by atomic mass is 32.1. The Morgan fingerprint density at radius 2 is 1.66 bits per heavy atom. The maximum Gasteiger partial charge on any atom is 0.418 e. The number of benzene rings is 2. The molecule has 1 aliphatic heterocycles. The number of nitrogens with one attached hydrogen (secondary N) is 1. The Bertz CT molecular complexity index is 1140. The number of halogens is 3. The van der Waals surface area contributed by atoms with E-state index in [0.717, 1.165) is 35.8 Å². The molecule has 32 heavy (non-hydrogen) atoms. The number of nitrogens with zero attached hydrogens (tertiary/aromatic N) is 1. The van der Waals surface area contributed by atoms with Crippen LogP contribution in [0.3, 0.4) is 0 Å². The summed E-state index contributed by atoms with van der Waals surface area (Å²) < 4.78 is 40.3. The molecular weight excluding hydrogens is 433 g/mol. The Kier molecular flexibility index (Phi) is 5.45. The lowest BCUT2D eigenvalue weighted by Gasteiger charge is -2.36. The maximum absolute atomic E-state index is 13.4. The van der Waals surface area contributed by atoms with Gasteiger partial charge in [0.2, 0.25) is 0 Å². The summed E-state index contributed by atoms with van der Waals surface area (Å²) in [6.07, 6.45) is 0.711. The molecule has 3 aromatic rings. The molecule has 2 heterocycles. The lowest BCUT2D eigenvalue weighted by molar-refractivity contribution is -0.136. The minimum absolute atomic E-state index is 0.215. The van der Waals surface area contributed by atoms with Crippen LogP contribution in [0.1, 0.15) is 50.9 Å². The van der Waals surface area contributed by atoms with Gasteiger partial charge in [0.1, 0.15) is 0 Å². The molecule has 1 aromatic heterocycles. The zero-order valence-corrected chi connectivity index (χ0v) is 18.2. The molecule has 0 saturated carbocycles. The van der Waals surface area contributed by atoms with Crippen molar-refractivity contribution in [2.75, 3.05) is 11.9 Å².